The van der Waals surface area contributed by atoms with Gasteiger partial charge < -0.3 is 5.73 Å². The maximum atomic E-state index is 5.87. The number of aliphatic imine (C=N–C) groups is 1. The Kier molecular flexibility index (Phi) is 1.93. The Bertz CT molecular complexity index is 560. The zero-order valence-corrected chi connectivity index (χ0v) is 8.59. The molecule has 16 heavy (non-hydrogen) atoms. The molecule has 0 saturated heterocycles. The summed E-state index contributed by atoms with van der Waals surface area (Å²) >= 11 is 0. The van der Waals surface area contributed by atoms with Crippen LogP contribution >= 0.6 is 0 Å². The zero-order chi connectivity index (χ0) is 11.0. The molecule has 2 heterocycles. The molecule has 0 aliphatic carbocycles. The van der Waals surface area contributed by atoms with Crippen LogP contribution in [0.5, 0.6) is 0 Å². The first kappa shape index (κ1) is 9.03. The highest BCUT2D eigenvalue weighted by molar-refractivity contribution is 6.05. The molecule has 78 valence electrons. The van der Waals surface area contributed by atoms with Crippen molar-refractivity contribution in [3.63, 3.8) is 0 Å². The second-order valence-electron chi connectivity index (χ2n) is 3.65. The third-order valence-corrected chi connectivity index (χ3v) is 2.66. The lowest BCUT2D eigenvalue weighted by Gasteiger charge is -2.06. The van der Waals surface area contributed by atoms with E-state index < -0.39 is 0 Å². The van der Waals surface area contributed by atoms with Crippen LogP contribution in [0.4, 0.5) is 0 Å². The van der Waals surface area contributed by atoms with Gasteiger partial charge >= 0.3 is 0 Å². The minimum Gasteiger partial charge on any atom is -0.383 e. The number of nitrogens with zero attached hydrogens (tertiary/aromatic N) is 3. The van der Waals surface area contributed by atoms with Crippen molar-refractivity contribution in [2.75, 3.05) is 0 Å². The van der Waals surface area contributed by atoms with E-state index in [1.54, 1.807) is 6.20 Å². The second kappa shape index (κ2) is 3.41. The van der Waals surface area contributed by atoms with E-state index in [1.165, 1.54) is 0 Å². The molecule has 4 nitrogen and oxygen atoms in total. The zero-order valence-electron chi connectivity index (χ0n) is 8.59. The topological polar surface area (TPSA) is 64.2 Å². The standard InChI is InChI=1S/C12H10N4/c13-12-11-9(8-4-2-1-3-5-8)6-15-16-10(11)7-14-12/h1-6H,7H2,(H2,13,14). The molecule has 1 aromatic carbocycles. The van der Waals surface area contributed by atoms with Crippen LogP contribution in [0.25, 0.3) is 11.1 Å². The largest absolute Gasteiger partial charge is 0.383 e. The normalized spacial score (nSPS) is 13.4. The number of fused-ring (bicyclic) bond motifs is 1. The van der Waals surface area contributed by atoms with Gasteiger partial charge in [0.25, 0.3) is 0 Å². The van der Waals surface area contributed by atoms with Crippen molar-refractivity contribution in [3.05, 3.63) is 47.8 Å². The lowest BCUT2D eigenvalue weighted by atomic mass is 10.0. The van der Waals surface area contributed by atoms with Crippen LogP contribution < -0.4 is 5.73 Å². The van der Waals surface area contributed by atoms with Gasteiger partial charge in [-0.25, -0.2) is 0 Å². The quantitative estimate of drug-likeness (QED) is 0.773. The van der Waals surface area contributed by atoms with Crippen molar-refractivity contribution < 1.29 is 0 Å². The fourth-order valence-electron chi connectivity index (χ4n) is 1.90. The Morgan fingerprint density at radius 3 is 2.75 bits per heavy atom. The Morgan fingerprint density at radius 2 is 1.94 bits per heavy atom. The first-order valence-corrected chi connectivity index (χ1v) is 5.06. The monoisotopic (exact) mass is 210 g/mol. The number of hydrogen-bond donors (Lipinski definition) is 1. The summed E-state index contributed by atoms with van der Waals surface area (Å²) in [6.07, 6.45) is 1.74. The average molecular weight is 210 g/mol. The van der Waals surface area contributed by atoms with E-state index in [-0.39, 0.29) is 0 Å². The van der Waals surface area contributed by atoms with Gasteiger partial charge in [0.05, 0.1) is 24.0 Å². The van der Waals surface area contributed by atoms with Crippen molar-refractivity contribution in [3.8, 4) is 11.1 Å². The summed E-state index contributed by atoms with van der Waals surface area (Å²) < 4.78 is 0. The number of benzene rings is 1. The molecule has 0 atom stereocenters. The summed E-state index contributed by atoms with van der Waals surface area (Å²) in [6, 6.07) is 10.0. The minimum absolute atomic E-state index is 0.537. The molecular weight excluding hydrogens is 200 g/mol. The van der Waals surface area contributed by atoms with E-state index in [0.717, 1.165) is 22.4 Å². The summed E-state index contributed by atoms with van der Waals surface area (Å²) in [4.78, 5) is 4.18. The van der Waals surface area contributed by atoms with Crippen LogP contribution in [-0.4, -0.2) is 16.0 Å². The van der Waals surface area contributed by atoms with E-state index >= 15 is 0 Å². The molecule has 1 aliphatic heterocycles. The van der Waals surface area contributed by atoms with Crippen LogP contribution in [0.1, 0.15) is 11.3 Å². The van der Waals surface area contributed by atoms with Gasteiger partial charge in [0.2, 0.25) is 0 Å². The van der Waals surface area contributed by atoms with Gasteiger partial charge in [-0.05, 0) is 5.56 Å². The summed E-state index contributed by atoms with van der Waals surface area (Å²) in [5.74, 6) is 0.559. The molecule has 0 spiro atoms. The van der Waals surface area contributed by atoms with E-state index in [9.17, 15) is 0 Å². The molecule has 0 unspecified atom stereocenters. The van der Waals surface area contributed by atoms with Gasteiger partial charge in [-0.15, -0.1) is 0 Å². The molecule has 4 heteroatoms. The Balaban J connectivity index is 2.24. The van der Waals surface area contributed by atoms with Gasteiger partial charge in [-0.2, -0.15) is 10.2 Å². The fraction of sp³-hybridized carbons (Fsp3) is 0.0833. The molecule has 1 aromatic heterocycles. The number of hydrogen-bond acceptors (Lipinski definition) is 4. The van der Waals surface area contributed by atoms with Gasteiger partial charge in [0.1, 0.15) is 5.84 Å². The lowest BCUT2D eigenvalue weighted by molar-refractivity contribution is 0.919. The highest BCUT2D eigenvalue weighted by atomic mass is 15.1. The third kappa shape index (κ3) is 1.27. The Hall–Kier alpha value is -2.23. The summed E-state index contributed by atoms with van der Waals surface area (Å²) in [5.41, 5.74) is 9.75. The minimum atomic E-state index is 0.537. The van der Waals surface area contributed by atoms with Crippen LogP contribution in [0.3, 0.4) is 0 Å². The van der Waals surface area contributed by atoms with Crippen molar-refractivity contribution in [2.45, 2.75) is 6.54 Å². The van der Waals surface area contributed by atoms with Crippen molar-refractivity contribution in [1.82, 2.24) is 10.2 Å². The number of amidine groups is 1. The van der Waals surface area contributed by atoms with Gasteiger partial charge in [0, 0.05) is 5.56 Å². The predicted molar refractivity (Wildman–Crippen MR) is 61.9 cm³/mol. The lowest BCUT2D eigenvalue weighted by Crippen LogP contribution is -2.13. The van der Waals surface area contributed by atoms with Crippen molar-refractivity contribution in [2.24, 2.45) is 10.7 Å². The number of rotatable bonds is 1. The van der Waals surface area contributed by atoms with Crippen LogP contribution in [-0.2, 0) is 6.54 Å². The summed E-state index contributed by atoms with van der Waals surface area (Å²) in [7, 11) is 0. The molecule has 0 saturated carbocycles. The molecule has 3 rings (SSSR count). The highest BCUT2D eigenvalue weighted by Crippen LogP contribution is 2.27. The van der Waals surface area contributed by atoms with E-state index in [4.69, 9.17) is 5.73 Å². The maximum absolute atomic E-state index is 5.87. The molecular formula is C12H10N4. The molecule has 2 N–H and O–H groups in total. The number of nitrogens with two attached hydrogens (primary N) is 1. The van der Waals surface area contributed by atoms with Crippen molar-refractivity contribution >= 4 is 5.84 Å². The second-order valence-corrected chi connectivity index (χ2v) is 3.65. The summed E-state index contributed by atoms with van der Waals surface area (Å²) in [6.45, 7) is 0.537. The Labute approximate surface area is 92.9 Å². The van der Waals surface area contributed by atoms with Gasteiger partial charge in [-0.1, -0.05) is 30.3 Å². The smallest absolute Gasteiger partial charge is 0.128 e. The number of aromatic nitrogens is 2. The van der Waals surface area contributed by atoms with E-state index in [1.807, 2.05) is 30.3 Å². The van der Waals surface area contributed by atoms with E-state index in [0.29, 0.717) is 12.4 Å². The molecule has 0 radical (unpaired) electrons. The fourth-order valence-corrected chi connectivity index (χ4v) is 1.90. The maximum Gasteiger partial charge on any atom is 0.128 e. The van der Waals surface area contributed by atoms with Gasteiger partial charge in [-0.3, -0.25) is 4.99 Å². The molecule has 0 bridgehead atoms. The third-order valence-electron chi connectivity index (χ3n) is 2.66. The molecule has 2 aromatic rings. The first-order valence-electron chi connectivity index (χ1n) is 5.06. The predicted octanol–water partition coefficient (Wildman–Crippen LogP) is 1.36. The van der Waals surface area contributed by atoms with Crippen molar-refractivity contribution in [1.29, 1.82) is 0 Å². The SMILES string of the molecule is NC1=NCc2nncc(-c3ccccc3)c21. The summed E-state index contributed by atoms with van der Waals surface area (Å²) in [5, 5.41) is 8.04. The highest BCUT2D eigenvalue weighted by Gasteiger charge is 2.19. The Morgan fingerprint density at radius 1 is 1.12 bits per heavy atom. The van der Waals surface area contributed by atoms with Gasteiger partial charge in [0.15, 0.2) is 0 Å². The van der Waals surface area contributed by atoms with Crippen LogP contribution in [0.2, 0.25) is 0 Å². The average Bonchev–Trinajstić information content (AvgIpc) is 2.73. The first-order chi connectivity index (χ1) is 7.86. The molecule has 0 amide bonds. The molecule has 1 aliphatic rings. The molecule has 0 fully saturated rings. The van der Waals surface area contributed by atoms with E-state index in [2.05, 4.69) is 15.2 Å². The van der Waals surface area contributed by atoms with Crippen LogP contribution in [0, 0.1) is 0 Å². The van der Waals surface area contributed by atoms with Crippen LogP contribution in [0.15, 0.2) is 41.5 Å².